The first-order valence-corrected chi connectivity index (χ1v) is 7.93. The van der Waals surface area contributed by atoms with Crippen LogP contribution in [0.1, 0.15) is 39.3 Å². The van der Waals surface area contributed by atoms with Crippen molar-refractivity contribution < 1.29 is 0 Å². The number of hydrogen-bond acceptors (Lipinski definition) is 2. The van der Waals surface area contributed by atoms with Gasteiger partial charge >= 0.3 is 0 Å². The molecule has 2 N–H and O–H groups in total. The van der Waals surface area contributed by atoms with E-state index in [-0.39, 0.29) is 0 Å². The van der Waals surface area contributed by atoms with Crippen molar-refractivity contribution in [1.82, 2.24) is 4.90 Å². The molecule has 0 fully saturated rings. The van der Waals surface area contributed by atoms with E-state index in [2.05, 4.69) is 72.8 Å². The van der Waals surface area contributed by atoms with E-state index in [1.807, 2.05) is 0 Å². The smallest absolute Gasteiger partial charge is 0.0470 e. The van der Waals surface area contributed by atoms with E-state index in [1.165, 1.54) is 5.56 Å². The summed E-state index contributed by atoms with van der Waals surface area (Å²) in [6, 6.07) is 8.87. The minimum atomic E-state index is 0.317. The van der Waals surface area contributed by atoms with Gasteiger partial charge in [-0.05, 0) is 29.5 Å². The summed E-state index contributed by atoms with van der Waals surface area (Å²) in [7, 11) is 0. The molecule has 0 aliphatic rings. The quantitative estimate of drug-likeness (QED) is 0.818. The Labute approximate surface area is 126 Å². The van der Waals surface area contributed by atoms with Gasteiger partial charge in [-0.3, -0.25) is 4.90 Å². The van der Waals surface area contributed by atoms with Gasteiger partial charge in [0.25, 0.3) is 0 Å². The molecule has 0 amide bonds. The predicted octanol–water partition coefficient (Wildman–Crippen LogP) is 4.06. The highest BCUT2D eigenvalue weighted by molar-refractivity contribution is 9.10. The van der Waals surface area contributed by atoms with Gasteiger partial charge in [-0.1, -0.05) is 55.8 Å². The zero-order valence-corrected chi connectivity index (χ0v) is 14.2. The second kappa shape index (κ2) is 8.03. The number of hydrogen-bond donors (Lipinski definition) is 1. The molecule has 2 nitrogen and oxygen atoms in total. The molecule has 19 heavy (non-hydrogen) atoms. The summed E-state index contributed by atoms with van der Waals surface area (Å²) in [5.41, 5.74) is 7.35. The lowest BCUT2D eigenvalue weighted by molar-refractivity contribution is 0.160. The van der Waals surface area contributed by atoms with Gasteiger partial charge in [0, 0.05) is 30.1 Å². The van der Waals surface area contributed by atoms with Crippen LogP contribution in [0.2, 0.25) is 0 Å². The molecule has 0 aliphatic heterocycles. The number of halogens is 1. The van der Waals surface area contributed by atoms with Crippen molar-refractivity contribution in [1.29, 1.82) is 0 Å². The normalized spacial score (nSPS) is 13.5. The molecule has 0 aromatic heterocycles. The van der Waals surface area contributed by atoms with E-state index < -0.39 is 0 Å². The first-order valence-electron chi connectivity index (χ1n) is 7.13. The van der Waals surface area contributed by atoms with E-state index in [0.717, 1.165) is 17.6 Å². The van der Waals surface area contributed by atoms with Crippen LogP contribution in [0.15, 0.2) is 28.7 Å². The zero-order valence-electron chi connectivity index (χ0n) is 12.6. The third-order valence-corrected chi connectivity index (χ3v) is 3.65. The van der Waals surface area contributed by atoms with Crippen LogP contribution in [-0.2, 0) is 0 Å². The van der Waals surface area contributed by atoms with Crippen LogP contribution in [0, 0.1) is 11.8 Å². The van der Waals surface area contributed by atoms with Gasteiger partial charge in [0.15, 0.2) is 0 Å². The first kappa shape index (κ1) is 16.7. The fourth-order valence-electron chi connectivity index (χ4n) is 2.45. The Bertz CT molecular complexity index is 350. The summed E-state index contributed by atoms with van der Waals surface area (Å²) >= 11 is 3.49. The topological polar surface area (TPSA) is 29.3 Å². The number of benzene rings is 1. The van der Waals surface area contributed by atoms with E-state index >= 15 is 0 Å². The lowest BCUT2D eigenvalue weighted by atomic mass is 10.0. The maximum Gasteiger partial charge on any atom is 0.0470 e. The van der Waals surface area contributed by atoms with Gasteiger partial charge in [-0.15, -0.1) is 0 Å². The van der Waals surface area contributed by atoms with Crippen LogP contribution in [0.25, 0.3) is 0 Å². The third kappa shape index (κ3) is 5.64. The number of nitrogens with zero attached hydrogens (tertiary/aromatic N) is 1. The molecule has 1 aromatic carbocycles. The molecular formula is C16H27BrN2. The van der Waals surface area contributed by atoms with Crippen LogP contribution >= 0.6 is 15.9 Å². The summed E-state index contributed by atoms with van der Waals surface area (Å²) in [6.45, 7) is 11.9. The highest BCUT2D eigenvalue weighted by Crippen LogP contribution is 2.23. The van der Waals surface area contributed by atoms with Crippen molar-refractivity contribution in [3.8, 4) is 0 Å². The number of nitrogens with two attached hydrogens (primary N) is 1. The van der Waals surface area contributed by atoms with Crippen molar-refractivity contribution in [2.24, 2.45) is 17.6 Å². The standard InChI is InChI=1S/C16H27BrN2/c1-12(2)10-19(11-13(3)4)16(9-18)14-5-7-15(17)8-6-14/h5-8,12-13,16H,9-11,18H2,1-4H3. The molecular weight excluding hydrogens is 300 g/mol. The van der Waals surface area contributed by atoms with Gasteiger partial charge < -0.3 is 5.73 Å². The molecule has 0 saturated carbocycles. The summed E-state index contributed by atoms with van der Waals surface area (Å²) < 4.78 is 1.12. The molecule has 0 radical (unpaired) electrons. The summed E-state index contributed by atoms with van der Waals surface area (Å²) in [4.78, 5) is 2.53. The lowest BCUT2D eigenvalue weighted by Gasteiger charge is -2.34. The molecule has 0 aliphatic carbocycles. The summed E-state index contributed by atoms with van der Waals surface area (Å²) in [5.74, 6) is 1.31. The molecule has 1 rings (SSSR count). The second-order valence-electron chi connectivity index (χ2n) is 6.04. The van der Waals surface area contributed by atoms with Crippen LogP contribution in [0.3, 0.4) is 0 Å². The maximum atomic E-state index is 6.04. The Morgan fingerprint density at radius 1 is 1.00 bits per heavy atom. The van der Waals surface area contributed by atoms with Gasteiger partial charge in [0.1, 0.15) is 0 Å². The second-order valence-corrected chi connectivity index (χ2v) is 6.96. The Balaban J connectivity index is 2.91. The molecule has 0 spiro atoms. The molecule has 1 atom stereocenters. The van der Waals surface area contributed by atoms with E-state index in [9.17, 15) is 0 Å². The minimum Gasteiger partial charge on any atom is -0.329 e. The van der Waals surface area contributed by atoms with Crippen LogP contribution in [0.5, 0.6) is 0 Å². The summed E-state index contributed by atoms with van der Waals surface area (Å²) in [5, 5.41) is 0. The van der Waals surface area contributed by atoms with Crippen molar-refractivity contribution in [2.75, 3.05) is 19.6 Å². The average Bonchev–Trinajstić information content (AvgIpc) is 2.30. The van der Waals surface area contributed by atoms with Crippen LogP contribution in [0.4, 0.5) is 0 Å². The molecule has 1 unspecified atom stereocenters. The molecule has 0 bridgehead atoms. The molecule has 1 aromatic rings. The van der Waals surface area contributed by atoms with E-state index in [4.69, 9.17) is 5.73 Å². The molecule has 0 saturated heterocycles. The van der Waals surface area contributed by atoms with Crippen molar-refractivity contribution >= 4 is 15.9 Å². The van der Waals surface area contributed by atoms with E-state index in [1.54, 1.807) is 0 Å². The Morgan fingerprint density at radius 2 is 1.47 bits per heavy atom. The highest BCUT2D eigenvalue weighted by Gasteiger charge is 2.20. The number of rotatable bonds is 7. The van der Waals surface area contributed by atoms with Gasteiger partial charge in [0.05, 0.1) is 0 Å². The van der Waals surface area contributed by atoms with Crippen LogP contribution in [-0.4, -0.2) is 24.5 Å². The zero-order chi connectivity index (χ0) is 14.4. The van der Waals surface area contributed by atoms with Gasteiger partial charge in [-0.25, -0.2) is 0 Å². The maximum absolute atomic E-state index is 6.04. The Morgan fingerprint density at radius 3 is 1.84 bits per heavy atom. The molecule has 0 heterocycles. The predicted molar refractivity (Wildman–Crippen MR) is 87.2 cm³/mol. The van der Waals surface area contributed by atoms with Gasteiger partial charge in [-0.2, -0.15) is 0 Å². The fourth-order valence-corrected chi connectivity index (χ4v) is 2.71. The van der Waals surface area contributed by atoms with Crippen molar-refractivity contribution in [3.05, 3.63) is 34.3 Å². The molecule has 108 valence electrons. The average molecular weight is 327 g/mol. The lowest BCUT2D eigenvalue weighted by Crippen LogP contribution is -2.38. The first-order chi connectivity index (χ1) is 8.93. The third-order valence-electron chi connectivity index (χ3n) is 3.12. The Kier molecular flexibility index (Phi) is 7.05. The monoisotopic (exact) mass is 326 g/mol. The minimum absolute atomic E-state index is 0.317. The highest BCUT2D eigenvalue weighted by atomic mass is 79.9. The summed E-state index contributed by atoms with van der Waals surface area (Å²) in [6.07, 6.45) is 0. The van der Waals surface area contributed by atoms with Crippen molar-refractivity contribution in [3.63, 3.8) is 0 Å². The molecule has 3 heteroatoms. The van der Waals surface area contributed by atoms with Crippen LogP contribution < -0.4 is 5.73 Å². The fraction of sp³-hybridized carbons (Fsp3) is 0.625. The van der Waals surface area contributed by atoms with E-state index in [0.29, 0.717) is 24.4 Å². The van der Waals surface area contributed by atoms with Crippen molar-refractivity contribution in [2.45, 2.75) is 33.7 Å². The van der Waals surface area contributed by atoms with Gasteiger partial charge in [0.2, 0.25) is 0 Å². The SMILES string of the molecule is CC(C)CN(CC(C)C)C(CN)c1ccc(Br)cc1. The largest absolute Gasteiger partial charge is 0.329 e. The Hall–Kier alpha value is -0.380.